The average Bonchev–Trinajstić information content (AvgIpc) is 2.78. The standard InChI is InChI=1S/C22H15N5O4S/c23-9-15-19(12-4-2-1-3-5-12)16(10-24)21(27-20(15)25)32-11-18(29)26-13-6-7-17(28)14(8-13)22(30)31/h1-8,28H,11H2,(H2,25,27)(H,26,29)(H,30,31). The lowest BCUT2D eigenvalue weighted by Crippen LogP contribution is -2.15. The van der Waals surface area contributed by atoms with E-state index in [-0.39, 0.29) is 39.0 Å². The van der Waals surface area contributed by atoms with Crippen LogP contribution in [0.15, 0.2) is 53.6 Å². The van der Waals surface area contributed by atoms with Crippen molar-refractivity contribution in [2.75, 3.05) is 16.8 Å². The van der Waals surface area contributed by atoms with E-state index in [0.29, 0.717) is 11.1 Å². The third-order valence-electron chi connectivity index (χ3n) is 4.33. The minimum Gasteiger partial charge on any atom is -0.507 e. The molecule has 0 saturated heterocycles. The van der Waals surface area contributed by atoms with Crippen LogP contribution < -0.4 is 11.1 Å². The topological polar surface area (TPSA) is 173 Å². The summed E-state index contributed by atoms with van der Waals surface area (Å²) >= 11 is 0.954. The number of rotatable bonds is 6. The smallest absolute Gasteiger partial charge is 0.339 e. The predicted molar refractivity (Wildman–Crippen MR) is 118 cm³/mol. The number of benzene rings is 2. The highest BCUT2D eigenvalue weighted by Gasteiger charge is 2.21. The van der Waals surface area contributed by atoms with E-state index in [1.807, 2.05) is 12.1 Å². The number of nitriles is 2. The number of amides is 1. The van der Waals surface area contributed by atoms with E-state index in [9.17, 15) is 25.2 Å². The molecule has 3 rings (SSSR count). The van der Waals surface area contributed by atoms with Crippen molar-refractivity contribution in [1.29, 1.82) is 10.5 Å². The summed E-state index contributed by atoms with van der Waals surface area (Å²) in [5, 5.41) is 40.6. The fourth-order valence-electron chi connectivity index (χ4n) is 2.91. The molecule has 0 aliphatic carbocycles. The molecule has 1 aromatic heterocycles. The maximum absolute atomic E-state index is 12.4. The number of hydrogen-bond donors (Lipinski definition) is 4. The Balaban J connectivity index is 1.87. The number of anilines is 2. The van der Waals surface area contributed by atoms with Gasteiger partial charge in [-0.2, -0.15) is 10.5 Å². The van der Waals surface area contributed by atoms with Crippen molar-refractivity contribution < 1.29 is 19.8 Å². The highest BCUT2D eigenvalue weighted by molar-refractivity contribution is 8.00. The Morgan fingerprint density at radius 3 is 2.41 bits per heavy atom. The third-order valence-corrected chi connectivity index (χ3v) is 5.30. The zero-order chi connectivity index (χ0) is 23.3. The molecule has 2 aromatic carbocycles. The summed E-state index contributed by atoms with van der Waals surface area (Å²) in [6.45, 7) is 0. The minimum absolute atomic E-state index is 0.0575. The number of thioether (sulfide) groups is 1. The molecule has 1 heterocycles. The van der Waals surface area contributed by atoms with Gasteiger partial charge in [-0.3, -0.25) is 4.79 Å². The molecule has 0 bridgehead atoms. The van der Waals surface area contributed by atoms with Gasteiger partial charge in [0.1, 0.15) is 39.9 Å². The number of nitrogens with two attached hydrogens (primary N) is 1. The molecule has 0 fully saturated rings. The Kier molecular flexibility index (Phi) is 6.59. The zero-order valence-electron chi connectivity index (χ0n) is 16.4. The van der Waals surface area contributed by atoms with E-state index in [2.05, 4.69) is 10.3 Å². The Morgan fingerprint density at radius 2 is 1.78 bits per heavy atom. The lowest BCUT2D eigenvalue weighted by Gasteiger charge is -2.13. The number of nitrogens with one attached hydrogen (secondary N) is 1. The van der Waals surface area contributed by atoms with Crippen LogP contribution in [-0.4, -0.2) is 32.8 Å². The van der Waals surface area contributed by atoms with Crippen LogP contribution in [0.1, 0.15) is 21.5 Å². The van der Waals surface area contributed by atoms with Gasteiger partial charge in [0.25, 0.3) is 0 Å². The summed E-state index contributed by atoms with van der Waals surface area (Å²) in [4.78, 5) is 27.6. The van der Waals surface area contributed by atoms with Crippen LogP contribution in [0.4, 0.5) is 11.5 Å². The zero-order valence-corrected chi connectivity index (χ0v) is 17.2. The normalized spacial score (nSPS) is 10.1. The van der Waals surface area contributed by atoms with E-state index in [1.54, 1.807) is 30.3 Å². The number of aromatic nitrogens is 1. The number of carbonyl (C=O) groups is 2. The number of aromatic hydroxyl groups is 1. The molecule has 158 valence electrons. The molecule has 0 unspecified atom stereocenters. The SMILES string of the molecule is N#Cc1c(N)nc(SCC(=O)Nc2ccc(O)c(C(=O)O)c2)c(C#N)c1-c1ccccc1. The van der Waals surface area contributed by atoms with Crippen LogP contribution >= 0.6 is 11.8 Å². The van der Waals surface area contributed by atoms with Crippen molar-refractivity contribution in [3.8, 4) is 29.0 Å². The van der Waals surface area contributed by atoms with Gasteiger partial charge >= 0.3 is 5.97 Å². The minimum atomic E-state index is -1.34. The lowest BCUT2D eigenvalue weighted by atomic mass is 9.97. The van der Waals surface area contributed by atoms with E-state index in [4.69, 9.17) is 10.8 Å². The number of nitrogens with zero attached hydrogens (tertiary/aromatic N) is 3. The van der Waals surface area contributed by atoms with Crippen LogP contribution in [0.25, 0.3) is 11.1 Å². The van der Waals surface area contributed by atoms with E-state index in [0.717, 1.165) is 23.9 Å². The summed E-state index contributed by atoms with van der Waals surface area (Å²) in [5.41, 5.74) is 6.94. The molecule has 10 heteroatoms. The first kappa shape index (κ1) is 22.2. The predicted octanol–water partition coefficient (Wildman–Crippen LogP) is 3.21. The second kappa shape index (κ2) is 9.51. The molecular formula is C22H15N5O4S. The molecule has 0 radical (unpaired) electrons. The molecule has 1 amide bonds. The average molecular weight is 445 g/mol. The molecule has 0 saturated carbocycles. The molecule has 0 spiro atoms. The number of hydrogen-bond acceptors (Lipinski definition) is 8. The Morgan fingerprint density at radius 1 is 1.09 bits per heavy atom. The number of aromatic carboxylic acids is 1. The first-order valence-electron chi connectivity index (χ1n) is 9.03. The van der Waals surface area contributed by atoms with Crippen molar-refractivity contribution in [2.45, 2.75) is 5.03 Å². The number of carbonyl (C=O) groups excluding carboxylic acids is 1. The summed E-state index contributed by atoms with van der Waals surface area (Å²) in [6.07, 6.45) is 0. The Labute approximate surface area is 186 Å². The van der Waals surface area contributed by atoms with Gasteiger partial charge in [-0.25, -0.2) is 9.78 Å². The fraction of sp³-hybridized carbons (Fsp3) is 0.0455. The molecule has 0 atom stereocenters. The first-order valence-corrected chi connectivity index (χ1v) is 10.0. The second-order valence-corrected chi connectivity index (χ2v) is 7.35. The van der Waals surface area contributed by atoms with Gasteiger partial charge in [0.2, 0.25) is 5.91 Å². The number of carboxylic acid groups (broad SMARTS) is 1. The summed E-state index contributed by atoms with van der Waals surface area (Å²) in [6, 6.07) is 16.5. The third kappa shape index (κ3) is 4.61. The number of phenols is 1. The van der Waals surface area contributed by atoms with Gasteiger partial charge in [0.15, 0.2) is 0 Å². The van der Waals surface area contributed by atoms with Crippen molar-refractivity contribution >= 4 is 35.1 Å². The maximum Gasteiger partial charge on any atom is 0.339 e. The van der Waals surface area contributed by atoms with Crippen molar-refractivity contribution in [2.24, 2.45) is 0 Å². The van der Waals surface area contributed by atoms with Gasteiger partial charge in [-0.15, -0.1) is 0 Å². The second-order valence-electron chi connectivity index (χ2n) is 6.39. The van der Waals surface area contributed by atoms with Crippen molar-refractivity contribution in [1.82, 2.24) is 4.98 Å². The van der Waals surface area contributed by atoms with E-state index in [1.165, 1.54) is 6.07 Å². The number of nitrogen functional groups attached to an aromatic ring is 1. The summed E-state index contributed by atoms with van der Waals surface area (Å²) in [7, 11) is 0. The van der Waals surface area contributed by atoms with Crippen LogP contribution in [0.5, 0.6) is 5.75 Å². The van der Waals surface area contributed by atoms with Crippen LogP contribution in [0, 0.1) is 22.7 Å². The van der Waals surface area contributed by atoms with Crippen molar-refractivity contribution in [3.05, 3.63) is 65.2 Å². The van der Waals surface area contributed by atoms with Gasteiger partial charge in [0, 0.05) is 11.3 Å². The van der Waals surface area contributed by atoms with Crippen LogP contribution in [0.2, 0.25) is 0 Å². The van der Waals surface area contributed by atoms with Gasteiger partial charge in [-0.1, -0.05) is 42.1 Å². The molecule has 3 aromatic rings. The molecule has 32 heavy (non-hydrogen) atoms. The first-order chi connectivity index (χ1) is 15.3. The largest absolute Gasteiger partial charge is 0.507 e. The molecule has 5 N–H and O–H groups in total. The summed E-state index contributed by atoms with van der Waals surface area (Å²) < 4.78 is 0. The van der Waals surface area contributed by atoms with Crippen LogP contribution in [-0.2, 0) is 4.79 Å². The number of carboxylic acids is 1. The van der Waals surface area contributed by atoms with E-state index < -0.39 is 17.6 Å². The highest BCUT2D eigenvalue weighted by Crippen LogP contribution is 2.35. The fourth-order valence-corrected chi connectivity index (χ4v) is 3.71. The molecule has 0 aliphatic rings. The Bertz CT molecular complexity index is 1300. The maximum atomic E-state index is 12.4. The summed E-state index contributed by atoms with van der Waals surface area (Å²) in [5.74, 6) is -2.47. The van der Waals surface area contributed by atoms with E-state index >= 15 is 0 Å². The molecular weight excluding hydrogens is 430 g/mol. The van der Waals surface area contributed by atoms with Gasteiger partial charge in [-0.05, 0) is 23.8 Å². The van der Waals surface area contributed by atoms with Crippen molar-refractivity contribution in [3.63, 3.8) is 0 Å². The quantitative estimate of drug-likeness (QED) is 0.328. The number of pyridine rings is 1. The monoisotopic (exact) mass is 445 g/mol. The highest BCUT2D eigenvalue weighted by atomic mass is 32.2. The van der Waals surface area contributed by atoms with Gasteiger partial charge < -0.3 is 21.3 Å². The molecule has 0 aliphatic heterocycles. The van der Waals surface area contributed by atoms with Gasteiger partial charge in [0.05, 0.1) is 11.3 Å². The Hall–Kier alpha value is -4.54. The van der Waals surface area contributed by atoms with Crippen LogP contribution in [0.3, 0.4) is 0 Å². The molecule has 9 nitrogen and oxygen atoms in total. The lowest BCUT2D eigenvalue weighted by molar-refractivity contribution is -0.113.